The first-order chi connectivity index (χ1) is 9.95. The Labute approximate surface area is 126 Å². The highest BCUT2D eigenvalue weighted by Crippen LogP contribution is 2.23. The molecule has 0 spiro atoms. The Balaban J connectivity index is 2.30. The average Bonchev–Trinajstić information content (AvgIpc) is 2.48. The molecule has 0 atom stereocenters. The Morgan fingerprint density at radius 1 is 1.00 bits per heavy atom. The van der Waals surface area contributed by atoms with E-state index in [1.165, 1.54) is 4.31 Å². The van der Waals surface area contributed by atoms with Crippen molar-refractivity contribution in [2.45, 2.75) is 18.7 Å². The van der Waals surface area contributed by atoms with Crippen molar-refractivity contribution in [1.82, 2.24) is 0 Å². The van der Waals surface area contributed by atoms with Crippen molar-refractivity contribution in [2.75, 3.05) is 18.0 Å². The molecule has 0 saturated carbocycles. The van der Waals surface area contributed by atoms with E-state index in [1.807, 2.05) is 26.0 Å². The first-order valence-corrected chi connectivity index (χ1v) is 8.17. The lowest BCUT2D eigenvalue weighted by Crippen LogP contribution is -2.26. The third kappa shape index (κ3) is 3.36. The van der Waals surface area contributed by atoms with Crippen LogP contribution in [0.3, 0.4) is 0 Å². The van der Waals surface area contributed by atoms with Crippen LogP contribution in [0.2, 0.25) is 0 Å². The number of sulfonamides is 1. The fraction of sp³-hybridized carbons (Fsp3) is 0.250. The van der Waals surface area contributed by atoms with Crippen molar-refractivity contribution in [3.63, 3.8) is 0 Å². The van der Waals surface area contributed by atoms with Crippen molar-refractivity contribution >= 4 is 15.7 Å². The van der Waals surface area contributed by atoms with Gasteiger partial charge >= 0.3 is 0 Å². The second-order valence-corrected chi connectivity index (χ2v) is 6.68. The normalized spacial score (nSPS) is 11.2. The van der Waals surface area contributed by atoms with Gasteiger partial charge in [0.25, 0.3) is 10.0 Å². The summed E-state index contributed by atoms with van der Waals surface area (Å²) in [5.74, 6) is 0.662. The topological polar surface area (TPSA) is 46.6 Å². The van der Waals surface area contributed by atoms with E-state index in [2.05, 4.69) is 0 Å². The van der Waals surface area contributed by atoms with Gasteiger partial charge in [0.15, 0.2) is 0 Å². The van der Waals surface area contributed by atoms with Crippen molar-refractivity contribution in [1.29, 1.82) is 0 Å². The van der Waals surface area contributed by atoms with E-state index in [0.717, 1.165) is 5.56 Å². The van der Waals surface area contributed by atoms with Crippen LogP contribution in [0.4, 0.5) is 5.69 Å². The van der Waals surface area contributed by atoms with Gasteiger partial charge in [0.1, 0.15) is 5.75 Å². The maximum atomic E-state index is 12.6. The van der Waals surface area contributed by atoms with Crippen LogP contribution in [0.25, 0.3) is 0 Å². The van der Waals surface area contributed by atoms with Gasteiger partial charge in [-0.05, 0) is 50.2 Å². The van der Waals surface area contributed by atoms with Crippen LogP contribution < -0.4 is 9.04 Å². The van der Waals surface area contributed by atoms with Crippen molar-refractivity contribution in [3.8, 4) is 5.75 Å². The highest BCUT2D eigenvalue weighted by atomic mass is 32.2. The molecular formula is C16H19NO3S. The van der Waals surface area contributed by atoms with Gasteiger partial charge in [-0.2, -0.15) is 0 Å². The van der Waals surface area contributed by atoms with Crippen molar-refractivity contribution in [3.05, 3.63) is 54.1 Å². The largest absolute Gasteiger partial charge is 0.494 e. The molecule has 4 nitrogen and oxygen atoms in total. The number of ether oxygens (including phenoxy) is 1. The third-order valence-electron chi connectivity index (χ3n) is 3.19. The van der Waals surface area contributed by atoms with E-state index in [-0.39, 0.29) is 4.90 Å². The molecule has 2 aromatic rings. The summed E-state index contributed by atoms with van der Waals surface area (Å²) in [6, 6.07) is 13.8. The molecule has 0 unspecified atom stereocenters. The van der Waals surface area contributed by atoms with E-state index in [1.54, 1.807) is 43.4 Å². The van der Waals surface area contributed by atoms with E-state index < -0.39 is 10.0 Å². The molecule has 0 bridgehead atoms. The third-order valence-corrected chi connectivity index (χ3v) is 4.99. The fourth-order valence-electron chi connectivity index (χ4n) is 1.93. The molecule has 112 valence electrons. The highest BCUT2D eigenvalue weighted by Gasteiger charge is 2.21. The molecule has 5 heteroatoms. The lowest BCUT2D eigenvalue weighted by molar-refractivity contribution is 0.340. The minimum atomic E-state index is -3.56. The molecule has 0 saturated heterocycles. The van der Waals surface area contributed by atoms with Crippen LogP contribution in [0.5, 0.6) is 5.75 Å². The molecule has 0 N–H and O–H groups in total. The van der Waals surface area contributed by atoms with Crippen LogP contribution in [-0.4, -0.2) is 22.1 Å². The van der Waals surface area contributed by atoms with Crippen LogP contribution in [0.15, 0.2) is 53.4 Å². The van der Waals surface area contributed by atoms with Crippen LogP contribution in [0.1, 0.15) is 12.5 Å². The van der Waals surface area contributed by atoms with Gasteiger partial charge in [0.2, 0.25) is 0 Å². The monoisotopic (exact) mass is 305 g/mol. The lowest BCUT2D eigenvalue weighted by Gasteiger charge is -2.19. The Morgan fingerprint density at radius 2 is 1.57 bits per heavy atom. The second-order valence-electron chi connectivity index (χ2n) is 4.71. The molecule has 2 aromatic carbocycles. The van der Waals surface area contributed by atoms with Gasteiger partial charge in [-0.15, -0.1) is 0 Å². The van der Waals surface area contributed by atoms with Gasteiger partial charge in [-0.3, -0.25) is 4.31 Å². The van der Waals surface area contributed by atoms with E-state index in [9.17, 15) is 8.42 Å². The van der Waals surface area contributed by atoms with Gasteiger partial charge in [-0.25, -0.2) is 8.42 Å². The minimum absolute atomic E-state index is 0.244. The minimum Gasteiger partial charge on any atom is -0.494 e. The highest BCUT2D eigenvalue weighted by molar-refractivity contribution is 7.92. The van der Waals surface area contributed by atoms with Gasteiger partial charge < -0.3 is 4.74 Å². The smallest absolute Gasteiger partial charge is 0.264 e. The summed E-state index contributed by atoms with van der Waals surface area (Å²) in [5, 5.41) is 0. The van der Waals surface area contributed by atoms with Gasteiger partial charge in [0, 0.05) is 7.05 Å². The fourth-order valence-corrected chi connectivity index (χ4v) is 3.12. The summed E-state index contributed by atoms with van der Waals surface area (Å²) in [4.78, 5) is 0.244. The van der Waals surface area contributed by atoms with Gasteiger partial charge in [0.05, 0.1) is 17.2 Å². The number of rotatable bonds is 5. The van der Waals surface area contributed by atoms with Crippen molar-refractivity contribution in [2.24, 2.45) is 0 Å². The molecule has 0 amide bonds. The number of aryl methyl sites for hydroxylation is 1. The first kappa shape index (κ1) is 15.4. The molecule has 21 heavy (non-hydrogen) atoms. The molecule has 0 heterocycles. The van der Waals surface area contributed by atoms with Crippen LogP contribution in [0, 0.1) is 6.92 Å². The Hall–Kier alpha value is -2.01. The number of benzene rings is 2. The summed E-state index contributed by atoms with van der Waals surface area (Å²) in [6.07, 6.45) is 0. The summed E-state index contributed by atoms with van der Waals surface area (Å²) in [5.41, 5.74) is 1.72. The zero-order valence-corrected chi connectivity index (χ0v) is 13.2. The quantitative estimate of drug-likeness (QED) is 0.852. The summed E-state index contributed by atoms with van der Waals surface area (Å²) in [6.45, 7) is 4.40. The number of nitrogens with zero attached hydrogens (tertiary/aromatic N) is 1. The molecule has 0 aromatic heterocycles. The first-order valence-electron chi connectivity index (χ1n) is 6.73. The maximum Gasteiger partial charge on any atom is 0.264 e. The predicted octanol–water partition coefficient (Wildman–Crippen LogP) is 3.22. The maximum absolute atomic E-state index is 12.6. The summed E-state index contributed by atoms with van der Waals surface area (Å²) in [7, 11) is -2.01. The van der Waals surface area contributed by atoms with E-state index in [4.69, 9.17) is 4.74 Å². The number of hydrogen-bond donors (Lipinski definition) is 0. The Kier molecular flexibility index (Phi) is 4.53. The Bertz CT molecular complexity index is 691. The molecular weight excluding hydrogens is 286 g/mol. The standard InChI is InChI=1S/C16H19NO3S/c1-4-20-15-9-11-16(12-10-15)21(18,19)17(3)14-7-5-13(2)6-8-14/h5-12H,4H2,1-3H3. The second kappa shape index (κ2) is 6.18. The zero-order chi connectivity index (χ0) is 15.5. The van der Waals surface area contributed by atoms with Crippen LogP contribution >= 0.6 is 0 Å². The van der Waals surface area contributed by atoms with Gasteiger partial charge in [-0.1, -0.05) is 17.7 Å². The average molecular weight is 305 g/mol. The van der Waals surface area contributed by atoms with Crippen LogP contribution in [-0.2, 0) is 10.0 Å². The summed E-state index contributed by atoms with van der Waals surface area (Å²) < 4.78 is 31.7. The zero-order valence-electron chi connectivity index (χ0n) is 12.4. The number of anilines is 1. The van der Waals surface area contributed by atoms with E-state index >= 15 is 0 Å². The molecule has 0 aliphatic carbocycles. The summed E-state index contributed by atoms with van der Waals surface area (Å²) >= 11 is 0. The molecule has 0 radical (unpaired) electrons. The van der Waals surface area contributed by atoms with Crippen molar-refractivity contribution < 1.29 is 13.2 Å². The molecule has 2 rings (SSSR count). The number of hydrogen-bond acceptors (Lipinski definition) is 3. The molecule has 0 aliphatic heterocycles. The predicted molar refractivity (Wildman–Crippen MR) is 84.4 cm³/mol. The van der Waals surface area contributed by atoms with E-state index in [0.29, 0.717) is 18.0 Å². The Morgan fingerprint density at radius 3 is 2.10 bits per heavy atom. The molecule has 0 aliphatic rings. The lowest BCUT2D eigenvalue weighted by atomic mass is 10.2. The molecule has 0 fully saturated rings. The SMILES string of the molecule is CCOc1ccc(S(=O)(=O)N(C)c2ccc(C)cc2)cc1.